The number of anilines is 2. The number of H-pyrrole nitrogens is 1. The normalized spacial score (nSPS) is 14.8. The lowest BCUT2D eigenvalue weighted by atomic mass is 10.2. The Hall–Kier alpha value is -1.97. The van der Waals surface area contributed by atoms with Crippen LogP contribution in [0, 0.1) is 13.8 Å². The van der Waals surface area contributed by atoms with Gasteiger partial charge in [-0.2, -0.15) is 5.10 Å². The molecule has 2 heterocycles. The molecule has 0 radical (unpaired) electrons. The third-order valence-corrected chi connectivity index (χ3v) is 4.09. The van der Waals surface area contributed by atoms with E-state index in [2.05, 4.69) is 51.6 Å². The first-order valence-electron chi connectivity index (χ1n) is 7.34. The van der Waals surface area contributed by atoms with Crippen molar-refractivity contribution in [3.63, 3.8) is 0 Å². The number of hydrogen-bond acceptors (Lipinski definition) is 3. The largest absolute Gasteiger partial charge is 0.379 e. The van der Waals surface area contributed by atoms with Crippen LogP contribution >= 0.6 is 0 Å². The molecule has 20 heavy (non-hydrogen) atoms. The van der Waals surface area contributed by atoms with Crippen molar-refractivity contribution in [2.45, 2.75) is 33.2 Å². The van der Waals surface area contributed by atoms with Gasteiger partial charge in [-0.25, -0.2) is 0 Å². The predicted molar refractivity (Wildman–Crippen MR) is 83.3 cm³/mol. The molecular formula is C16H22N4. The Balaban J connectivity index is 1.77. The molecule has 0 spiro atoms. The van der Waals surface area contributed by atoms with E-state index in [4.69, 9.17) is 0 Å². The number of hydrogen-bond donors (Lipinski definition) is 2. The number of rotatable bonds is 4. The van der Waals surface area contributed by atoms with Crippen molar-refractivity contribution >= 4 is 11.4 Å². The van der Waals surface area contributed by atoms with Crippen LogP contribution in [0.5, 0.6) is 0 Å². The van der Waals surface area contributed by atoms with Crippen molar-refractivity contribution in [2.24, 2.45) is 0 Å². The molecule has 0 amide bonds. The number of para-hydroxylation sites is 2. The Morgan fingerprint density at radius 2 is 1.95 bits per heavy atom. The minimum atomic E-state index is 0.818. The van der Waals surface area contributed by atoms with Crippen LogP contribution in [0.25, 0.3) is 0 Å². The second-order valence-corrected chi connectivity index (χ2v) is 5.48. The van der Waals surface area contributed by atoms with Gasteiger partial charge in [-0.15, -0.1) is 0 Å². The number of aromatic nitrogens is 2. The molecule has 3 rings (SSSR count). The van der Waals surface area contributed by atoms with Crippen molar-refractivity contribution in [2.75, 3.05) is 23.3 Å². The lowest BCUT2D eigenvalue weighted by Gasteiger charge is -2.22. The molecule has 1 aromatic carbocycles. The second kappa shape index (κ2) is 5.57. The lowest BCUT2D eigenvalue weighted by Crippen LogP contribution is -2.19. The number of aromatic amines is 1. The second-order valence-electron chi connectivity index (χ2n) is 5.48. The highest BCUT2D eigenvalue weighted by Gasteiger charge is 2.15. The summed E-state index contributed by atoms with van der Waals surface area (Å²) in [5.74, 6) is 0. The fourth-order valence-electron chi connectivity index (χ4n) is 2.88. The first-order chi connectivity index (χ1) is 9.75. The summed E-state index contributed by atoms with van der Waals surface area (Å²) in [6.45, 7) is 7.28. The van der Waals surface area contributed by atoms with E-state index in [1.54, 1.807) is 0 Å². The molecule has 1 saturated heterocycles. The van der Waals surface area contributed by atoms with Gasteiger partial charge in [0, 0.05) is 30.9 Å². The average molecular weight is 270 g/mol. The molecule has 0 bridgehead atoms. The third-order valence-electron chi connectivity index (χ3n) is 4.09. The Morgan fingerprint density at radius 3 is 2.65 bits per heavy atom. The molecule has 1 aliphatic rings. The molecule has 4 nitrogen and oxygen atoms in total. The van der Waals surface area contributed by atoms with E-state index in [-0.39, 0.29) is 0 Å². The Bertz CT molecular complexity index is 562. The number of nitrogens with one attached hydrogen (secondary N) is 2. The van der Waals surface area contributed by atoms with Gasteiger partial charge in [0.2, 0.25) is 0 Å². The standard InChI is InChI=1S/C16H22N4/c1-12-14(13(2)19-18-12)11-17-15-7-3-4-8-16(15)20-9-5-6-10-20/h3-4,7-8,17H,5-6,9-11H2,1-2H3,(H,18,19). The summed E-state index contributed by atoms with van der Waals surface area (Å²) in [5.41, 5.74) is 6.03. The van der Waals surface area contributed by atoms with Crippen LogP contribution in [0.15, 0.2) is 24.3 Å². The molecule has 0 aliphatic carbocycles. The molecule has 1 aromatic heterocycles. The van der Waals surface area contributed by atoms with Crippen LogP contribution in [-0.2, 0) is 6.54 Å². The molecule has 0 unspecified atom stereocenters. The van der Waals surface area contributed by atoms with Crippen LogP contribution in [0.2, 0.25) is 0 Å². The van der Waals surface area contributed by atoms with Crippen molar-refractivity contribution in [3.8, 4) is 0 Å². The van der Waals surface area contributed by atoms with Crippen molar-refractivity contribution in [3.05, 3.63) is 41.2 Å². The summed E-state index contributed by atoms with van der Waals surface area (Å²) in [4.78, 5) is 2.47. The highest BCUT2D eigenvalue weighted by atomic mass is 15.2. The SMILES string of the molecule is Cc1n[nH]c(C)c1CNc1ccccc1N1CCCC1. The number of nitrogens with zero attached hydrogens (tertiary/aromatic N) is 2. The third kappa shape index (κ3) is 2.50. The van der Waals surface area contributed by atoms with Gasteiger partial charge in [-0.3, -0.25) is 5.10 Å². The van der Waals surface area contributed by atoms with Gasteiger partial charge >= 0.3 is 0 Å². The van der Waals surface area contributed by atoms with E-state index in [9.17, 15) is 0 Å². The topological polar surface area (TPSA) is 44.0 Å². The Morgan fingerprint density at radius 1 is 1.20 bits per heavy atom. The average Bonchev–Trinajstić information content (AvgIpc) is 3.09. The summed E-state index contributed by atoms with van der Waals surface area (Å²) in [6, 6.07) is 8.59. The monoisotopic (exact) mass is 270 g/mol. The van der Waals surface area contributed by atoms with E-state index in [0.717, 1.165) is 17.9 Å². The fourth-order valence-corrected chi connectivity index (χ4v) is 2.88. The summed E-state index contributed by atoms with van der Waals surface area (Å²) < 4.78 is 0. The fraction of sp³-hybridized carbons (Fsp3) is 0.438. The molecule has 4 heteroatoms. The molecule has 1 fully saturated rings. The van der Waals surface area contributed by atoms with Crippen molar-refractivity contribution < 1.29 is 0 Å². The van der Waals surface area contributed by atoms with E-state index in [1.165, 1.54) is 42.9 Å². The first-order valence-corrected chi connectivity index (χ1v) is 7.34. The van der Waals surface area contributed by atoms with Gasteiger partial charge in [-0.05, 0) is 38.8 Å². The van der Waals surface area contributed by atoms with Crippen LogP contribution in [0.3, 0.4) is 0 Å². The van der Waals surface area contributed by atoms with Crippen LogP contribution in [0.1, 0.15) is 29.8 Å². The zero-order chi connectivity index (χ0) is 13.9. The van der Waals surface area contributed by atoms with Gasteiger partial charge < -0.3 is 10.2 Å². The van der Waals surface area contributed by atoms with Gasteiger partial charge in [0.05, 0.1) is 17.1 Å². The van der Waals surface area contributed by atoms with Crippen LogP contribution in [0.4, 0.5) is 11.4 Å². The van der Waals surface area contributed by atoms with Gasteiger partial charge in [-0.1, -0.05) is 12.1 Å². The number of benzene rings is 1. The zero-order valence-electron chi connectivity index (χ0n) is 12.2. The molecule has 106 valence electrons. The Kier molecular flexibility index (Phi) is 3.63. The molecule has 2 N–H and O–H groups in total. The van der Waals surface area contributed by atoms with Gasteiger partial charge in [0.1, 0.15) is 0 Å². The van der Waals surface area contributed by atoms with Gasteiger partial charge in [0.25, 0.3) is 0 Å². The van der Waals surface area contributed by atoms with E-state index < -0.39 is 0 Å². The van der Waals surface area contributed by atoms with Crippen LogP contribution in [-0.4, -0.2) is 23.3 Å². The zero-order valence-corrected chi connectivity index (χ0v) is 12.2. The molecule has 0 saturated carbocycles. The number of aryl methyl sites for hydroxylation is 2. The highest BCUT2D eigenvalue weighted by Crippen LogP contribution is 2.29. The summed E-state index contributed by atoms with van der Waals surface area (Å²) >= 11 is 0. The quantitative estimate of drug-likeness (QED) is 0.896. The van der Waals surface area contributed by atoms with E-state index in [0.29, 0.717) is 0 Å². The smallest absolute Gasteiger partial charge is 0.0643 e. The molecule has 0 atom stereocenters. The van der Waals surface area contributed by atoms with E-state index >= 15 is 0 Å². The van der Waals surface area contributed by atoms with Gasteiger partial charge in [0.15, 0.2) is 0 Å². The molecule has 2 aromatic rings. The maximum Gasteiger partial charge on any atom is 0.0643 e. The van der Waals surface area contributed by atoms with E-state index in [1.807, 2.05) is 6.92 Å². The Labute approximate surface area is 120 Å². The van der Waals surface area contributed by atoms with Crippen LogP contribution < -0.4 is 10.2 Å². The van der Waals surface area contributed by atoms with Crippen molar-refractivity contribution in [1.82, 2.24) is 10.2 Å². The summed E-state index contributed by atoms with van der Waals surface area (Å²) in [7, 11) is 0. The lowest BCUT2D eigenvalue weighted by molar-refractivity contribution is 0.949. The predicted octanol–water partition coefficient (Wildman–Crippen LogP) is 3.24. The highest BCUT2D eigenvalue weighted by molar-refractivity contribution is 5.70. The molecular weight excluding hydrogens is 248 g/mol. The maximum atomic E-state index is 4.25. The minimum Gasteiger partial charge on any atom is -0.379 e. The first kappa shape index (κ1) is 13.0. The minimum absolute atomic E-state index is 0.818. The maximum absolute atomic E-state index is 4.25. The summed E-state index contributed by atoms with van der Waals surface area (Å²) in [6.07, 6.45) is 2.60. The molecule has 1 aliphatic heterocycles. The summed E-state index contributed by atoms with van der Waals surface area (Å²) in [5, 5.41) is 10.9. The van der Waals surface area contributed by atoms with Crippen molar-refractivity contribution in [1.29, 1.82) is 0 Å².